The average Bonchev–Trinajstić information content (AvgIpc) is 2.35. The van der Waals surface area contributed by atoms with Crippen molar-refractivity contribution >= 4 is 17.2 Å². The SMILES string of the molecule is NC(=S)C1CC2(CC2)C1. The largest absolute Gasteiger partial charge is 0.393 e. The van der Waals surface area contributed by atoms with E-state index in [1.165, 1.54) is 25.7 Å². The molecule has 2 aliphatic carbocycles. The molecule has 2 fully saturated rings. The van der Waals surface area contributed by atoms with Crippen LogP contribution in [0.2, 0.25) is 0 Å². The van der Waals surface area contributed by atoms with E-state index in [-0.39, 0.29) is 0 Å². The van der Waals surface area contributed by atoms with Gasteiger partial charge in [0.05, 0.1) is 4.99 Å². The van der Waals surface area contributed by atoms with Crippen LogP contribution in [0, 0.1) is 11.3 Å². The van der Waals surface area contributed by atoms with Crippen LogP contribution in [0.1, 0.15) is 25.7 Å². The highest BCUT2D eigenvalue weighted by atomic mass is 32.1. The first-order valence-electron chi connectivity index (χ1n) is 3.51. The van der Waals surface area contributed by atoms with E-state index in [1.54, 1.807) is 0 Å². The number of hydrogen-bond donors (Lipinski definition) is 1. The number of thiocarbonyl (C=S) groups is 1. The van der Waals surface area contributed by atoms with Crippen LogP contribution in [0.3, 0.4) is 0 Å². The fourth-order valence-electron chi connectivity index (χ4n) is 1.77. The van der Waals surface area contributed by atoms with Gasteiger partial charge in [-0.1, -0.05) is 12.2 Å². The Labute approximate surface area is 60.6 Å². The Morgan fingerprint density at radius 1 is 1.44 bits per heavy atom. The van der Waals surface area contributed by atoms with Crippen LogP contribution in [-0.2, 0) is 0 Å². The summed E-state index contributed by atoms with van der Waals surface area (Å²) in [6.45, 7) is 0. The third-order valence-corrected chi connectivity index (χ3v) is 3.05. The first kappa shape index (κ1) is 5.66. The van der Waals surface area contributed by atoms with Gasteiger partial charge in [0.15, 0.2) is 0 Å². The normalized spacial score (nSPS) is 29.8. The van der Waals surface area contributed by atoms with E-state index in [1.807, 2.05) is 0 Å². The molecule has 2 N–H and O–H groups in total. The fourth-order valence-corrected chi connectivity index (χ4v) is 1.94. The summed E-state index contributed by atoms with van der Waals surface area (Å²) in [5, 5.41) is 0. The molecular formula is C7H11NS. The van der Waals surface area contributed by atoms with E-state index >= 15 is 0 Å². The third kappa shape index (κ3) is 0.767. The molecule has 2 saturated carbocycles. The monoisotopic (exact) mass is 141 g/mol. The van der Waals surface area contributed by atoms with Gasteiger partial charge < -0.3 is 5.73 Å². The Hall–Kier alpha value is -0.110. The standard InChI is InChI=1S/C7H11NS/c8-6(9)5-3-7(4-5)1-2-7/h5H,1-4H2,(H2,8,9). The number of nitrogens with two attached hydrogens (primary N) is 1. The van der Waals surface area contributed by atoms with E-state index in [9.17, 15) is 0 Å². The van der Waals surface area contributed by atoms with Crippen molar-refractivity contribution in [3.05, 3.63) is 0 Å². The summed E-state index contributed by atoms with van der Waals surface area (Å²) < 4.78 is 0. The molecule has 50 valence electrons. The average molecular weight is 141 g/mol. The van der Waals surface area contributed by atoms with Gasteiger partial charge in [0.1, 0.15) is 0 Å². The first-order valence-corrected chi connectivity index (χ1v) is 3.92. The van der Waals surface area contributed by atoms with Crippen LogP contribution >= 0.6 is 12.2 Å². The predicted molar refractivity (Wildman–Crippen MR) is 41.2 cm³/mol. The van der Waals surface area contributed by atoms with Gasteiger partial charge in [-0.05, 0) is 31.1 Å². The highest BCUT2D eigenvalue weighted by molar-refractivity contribution is 7.80. The van der Waals surface area contributed by atoms with Crippen molar-refractivity contribution in [1.82, 2.24) is 0 Å². The van der Waals surface area contributed by atoms with Crippen LogP contribution in [0.25, 0.3) is 0 Å². The highest BCUT2D eigenvalue weighted by Crippen LogP contribution is 2.63. The molecule has 0 atom stereocenters. The summed E-state index contributed by atoms with van der Waals surface area (Å²) >= 11 is 4.88. The minimum absolute atomic E-state index is 0.600. The number of hydrogen-bond acceptors (Lipinski definition) is 1. The van der Waals surface area contributed by atoms with Gasteiger partial charge in [0.25, 0.3) is 0 Å². The van der Waals surface area contributed by atoms with Crippen molar-refractivity contribution < 1.29 is 0 Å². The van der Waals surface area contributed by atoms with Gasteiger partial charge in [0, 0.05) is 5.92 Å². The van der Waals surface area contributed by atoms with E-state index in [2.05, 4.69) is 0 Å². The Morgan fingerprint density at radius 2 is 2.00 bits per heavy atom. The Morgan fingerprint density at radius 3 is 2.33 bits per heavy atom. The van der Waals surface area contributed by atoms with Crippen molar-refractivity contribution in [2.75, 3.05) is 0 Å². The molecule has 0 amide bonds. The summed E-state index contributed by atoms with van der Waals surface area (Å²) in [5.41, 5.74) is 6.24. The molecule has 1 spiro atoms. The van der Waals surface area contributed by atoms with Gasteiger partial charge >= 0.3 is 0 Å². The predicted octanol–water partition coefficient (Wildman–Crippen LogP) is 1.46. The topological polar surface area (TPSA) is 26.0 Å². The zero-order chi connectivity index (χ0) is 6.48. The molecule has 0 radical (unpaired) electrons. The van der Waals surface area contributed by atoms with Gasteiger partial charge in [0.2, 0.25) is 0 Å². The summed E-state index contributed by atoms with van der Waals surface area (Å²) in [6.07, 6.45) is 5.46. The summed E-state index contributed by atoms with van der Waals surface area (Å²) in [5.74, 6) is 0.600. The summed E-state index contributed by atoms with van der Waals surface area (Å²) in [7, 11) is 0. The lowest BCUT2D eigenvalue weighted by molar-refractivity contribution is 0.231. The molecule has 0 aromatic carbocycles. The summed E-state index contributed by atoms with van der Waals surface area (Å²) in [4.78, 5) is 0.743. The third-order valence-electron chi connectivity index (χ3n) is 2.72. The molecule has 9 heavy (non-hydrogen) atoms. The first-order chi connectivity index (χ1) is 4.22. The molecular weight excluding hydrogens is 130 g/mol. The molecule has 1 nitrogen and oxygen atoms in total. The Balaban J connectivity index is 1.90. The van der Waals surface area contributed by atoms with E-state index in [4.69, 9.17) is 18.0 Å². The maximum atomic E-state index is 5.48. The van der Waals surface area contributed by atoms with Crippen molar-refractivity contribution in [3.8, 4) is 0 Å². The fraction of sp³-hybridized carbons (Fsp3) is 0.857. The summed E-state index contributed by atoms with van der Waals surface area (Å²) in [6, 6.07) is 0. The van der Waals surface area contributed by atoms with Crippen LogP contribution < -0.4 is 5.73 Å². The van der Waals surface area contributed by atoms with Crippen LogP contribution in [-0.4, -0.2) is 4.99 Å². The molecule has 2 aliphatic rings. The highest BCUT2D eigenvalue weighted by Gasteiger charge is 2.53. The molecule has 2 heteroatoms. The molecule has 0 unspecified atom stereocenters. The van der Waals surface area contributed by atoms with Gasteiger partial charge in [-0.25, -0.2) is 0 Å². The van der Waals surface area contributed by atoms with Gasteiger partial charge in [-0.2, -0.15) is 0 Å². The lowest BCUT2D eigenvalue weighted by Gasteiger charge is -2.34. The second-order valence-corrected chi connectivity index (χ2v) is 3.98. The number of rotatable bonds is 1. The smallest absolute Gasteiger partial charge is 0.0759 e. The minimum Gasteiger partial charge on any atom is -0.393 e. The van der Waals surface area contributed by atoms with Crippen LogP contribution in [0.5, 0.6) is 0 Å². The van der Waals surface area contributed by atoms with Crippen molar-refractivity contribution in [2.45, 2.75) is 25.7 Å². The van der Waals surface area contributed by atoms with Gasteiger partial charge in [-0.15, -0.1) is 0 Å². The lowest BCUT2D eigenvalue weighted by Crippen LogP contribution is -2.34. The second kappa shape index (κ2) is 1.48. The minimum atomic E-state index is 0.600. The molecule has 0 bridgehead atoms. The molecule has 2 rings (SSSR count). The van der Waals surface area contributed by atoms with Crippen LogP contribution in [0.15, 0.2) is 0 Å². The van der Waals surface area contributed by atoms with Crippen molar-refractivity contribution in [2.24, 2.45) is 17.1 Å². The molecule has 0 aliphatic heterocycles. The van der Waals surface area contributed by atoms with Crippen LogP contribution in [0.4, 0.5) is 0 Å². The lowest BCUT2D eigenvalue weighted by atomic mass is 9.72. The maximum absolute atomic E-state index is 5.48. The molecule has 0 aromatic heterocycles. The Bertz CT molecular complexity index is 152. The second-order valence-electron chi connectivity index (χ2n) is 3.51. The molecule has 0 saturated heterocycles. The Kier molecular flexibility index (Phi) is 0.933. The zero-order valence-corrected chi connectivity index (χ0v) is 6.21. The van der Waals surface area contributed by atoms with Crippen molar-refractivity contribution in [1.29, 1.82) is 0 Å². The zero-order valence-electron chi connectivity index (χ0n) is 5.39. The van der Waals surface area contributed by atoms with Crippen molar-refractivity contribution in [3.63, 3.8) is 0 Å². The quantitative estimate of drug-likeness (QED) is 0.559. The van der Waals surface area contributed by atoms with E-state index in [0.29, 0.717) is 5.92 Å². The maximum Gasteiger partial charge on any atom is 0.0759 e. The van der Waals surface area contributed by atoms with E-state index < -0.39 is 0 Å². The van der Waals surface area contributed by atoms with Gasteiger partial charge in [-0.3, -0.25) is 0 Å². The molecule has 0 aromatic rings. The van der Waals surface area contributed by atoms with E-state index in [0.717, 1.165) is 10.4 Å². The molecule has 0 heterocycles.